The van der Waals surface area contributed by atoms with Crippen molar-refractivity contribution in [1.82, 2.24) is 10.3 Å². The summed E-state index contributed by atoms with van der Waals surface area (Å²) in [5.41, 5.74) is 0.998. The molecule has 0 aliphatic heterocycles. The second kappa shape index (κ2) is 8.47. The van der Waals surface area contributed by atoms with Gasteiger partial charge in [-0.15, -0.1) is 0 Å². The first kappa shape index (κ1) is 18.0. The third kappa shape index (κ3) is 5.64. The molecular formula is C15H12Cl2F2N2OS. The molecule has 0 radical (unpaired) electrons. The third-order valence-electron chi connectivity index (χ3n) is 2.84. The minimum absolute atomic E-state index is 0.00537. The van der Waals surface area contributed by atoms with Crippen LogP contribution in [0.1, 0.15) is 15.9 Å². The fourth-order valence-electron chi connectivity index (χ4n) is 1.91. The molecule has 0 bridgehead atoms. The number of carbonyl (C=O) groups is 1. The molecule has 3 nitrogen and oxygen atoms in total. The molecule has 0 spiro atoms. The van der Waals surface area contributed by atoms with Gasteiger partial charge in [0.1, 0.15) is 5.03 Å². The number of benzene rings is 1. The lowest BCUT2D eigenvalue weighted by molar-refractivity contribution is 0.0950. The van der Waals surface area contributed by atoms with Gasteiger partial charge in [0.2, 0.25) is 0 Å². The van der Waals surface area contributed by atoms with Crippen LogP contribution < -0.4 is 5.32 Å². The van der Waals surface area contributed by atoms with E-state index in [0.717, 1.165) is 5.56 Å². The Bertz CT molecular complexity index is 681. The molecule has 23 heavy (non-hydrogen) atoms. The van der Waals surface area contributed by atoms with Gasteiger partial charge in [0.25, 0.3) is 11.7 Å². The second-order valence-electron chi connectivity index (χ2n) is 4.52. The highest BCUT2D eigenvalue weighted by Gasteiger charge is 2.16. The Labute approximate surface area is 146 Å². The number of hydrogen-bond acceptors (Lipinski definition) is 3. The maximum Gasteiger partial charge on any atom is 0.290 e. The summed E-state index contributed by atoms with van der Waals surface area (Å²) < 4.78 is 25.0. The smallest absolute Gasteiger partial charge is 0.290 e. The highest BCUT2D eigenvalue weighted by atomic mass is 35.5. The summed E-state index contributed by atoms with van der Waals surface area (Å²) in [6.45, 7) is 0.323. The molecule has 1 heterocycles. The van der Waals surface area contributed by atoms with Crippen molar-refractivity contribution in [2.24, 2.45) is 0 Å². The summed E-state index contributed by atoms with van der Waals surface area (Å²) in [5, 5.41) is 3.71. The average Bonchev–Trinajstić information content (AvgIpc) is 2.46. The molecule has 0 atom stereocenters. The molecule has 1 N–H and O–H groups in total. The van der Waals surface area contributed by atoms with Gasteiger partial charge >= 0.3 is 0 Å². The predicted octanol–water partition coefficient (Wildman–Crippen LogP) is 4.68. The van der Waals surface area contributed by atoms with Crippen LogP contribution in [0.25, 0.3) is 0 Å². The first-order valence-corrected chi connectivity index (χ1v) is 8.22. The number of pyridine rings is 1. The number of alkyl halides is 2. The normalized spacial score (nSPS) is 10.8. The number of carbonyl (C=O) groups excluding carboxylic acids is 1. The van der Waals surface area contributed by atoms with E-state index in [-0.39, 0.29) is 22.4 Å². The molecule has 2 aromatic rings. The molecule has 2 rings (SSSR count). The highest BCUT2D eigenvalue weighted by Crippen LogP contribution is 2.26. The van der Waals surface area contributed by atoms with Crippen LogP contribution in [0.5, 0.6) is 0 Å². The summed E-state index contributed by atoms with van der Waals surface area (Å²) in [6, 6.07) is 8.11. The summed E-state index contributed by atoms with van der Waals surface area (Å²) in [7, 11) is 0. The maximum absolute atomic E-state index is 12.5. The summed E-state index contributed by atoms with van der Waals surface area (Å²) in [5.74, 6) is -3.08. The number of nitrogens with one attached hydrogen (secondary N) is 1. The van der Waals surface area contributed by atoms with Gasteiger partial charge in [0.15, 0.2) is 0 Å². The number of thioether (sulfide) groups is 1. The van der Waals surface area contributed by atoms with Crippen molar-refractivity contribution in [2.75, 3.05) is 6.54 Å². The lowest BCUT2D eigenvalue weighted by Crippen LogP contribution is -2.26. The number of aromatic nitrogens is 1. The van der Waals surface area contributed by atoms with Crippen LogP contribution in [0.15, 0.2) is 41.6 Å². The number of hydrogen-bond donors (Lipinski definition) is 1. The number of rotatable bonds is 6. The zero-order valence-electron chi connectivity index (χ0n) is 11.7. The molecule has 1 amide bonds. The first-order valence-electron chi connectivity index (χ1n) is 6.58. The highest BCUT2D eigenvalue weighted by molar-refractivity contribution is 7.99. The molecule has 0 fully saturated rings. The van der Waals surface area contributed by atoms with E-state index in [1.807, 2.05) is 0 Å². The van der Waals surface area contributed by atoms with Crippen molar-refractivity contribution in [1.29, 1.82) is 0 Å². The topological polar surface area (TPSA) is 42.0 Å². The van der Waals surface area contributed by atoms with Crippen molar-refractivity contribution in [3.8, 4) is 0 Å². The Balaban J connectivity index is 1.97. The molecule has 0 aliphatic carbocycles. The van der Waals surface area contributed by atoms with Crippen molar-refractivity contribution in [2.45, 2.75) is 17.2 Å². The molecule has 1 aromatic carbocycles. The van der Waals surface area contributed by atoms with Crippen LogP contribution in [0.2, 0.25) is 10.0 Å². The van der Waals surface area contributed by atoms with Crippen LogP contribution in [0.4, 0.5) is 8.78 Å². The first-order chi connectivity index (χ1) is 11.0. The van der Waals surface area contributed by atoms with E-state index in [1.165, 1.54) is 18.3 Å². The van der Waals surface area contributed by atoms with E-state index >= 15 is 0 Å². The van der Waals surface area contributed by atoms with Gasteiger partial charge in [-0.1, -0.05) is 23.2 Å². The minimum atomic E-state index is -2.63. The maximum atomic E-state index is 12.5. The zero-order chi connectivity index (χ0) is 16.8. The number of nitrogens with zero attached hydrogens (tertiary/aromatic N) is 1. The van der Waals surface area contributed by atoms with E-state index < -0.39 is 11.7 Å². The molecule has 0 aliphatic rings. The number of halogens is 4. The Morgan fingerprint density at radius 3 is 2.61 bits per heavy atom. The van der Waals surface area contributed by atoms with Crippen molar-refractivity contribution < 1.29 is 13.6 Å². The van der Waals surface area contributed by atoms with Gasteiger partial charge in [0.05, 0.1) is 5.56 Å². The SMILES string of the molecule is O=C(NCCc1cc(Cl)cc(Cl)c1)c1cccnc1SC(F)F. The van der Waals surface area contributed by atoms with Crippen LogP contribution in [0.3, 0.4) is 0 Å². The second-order valence-corrected chi connectivity index (χ2v) is 6.37. The molecule has 122 valence electrons. The fraction of sp³-hybridized carbons (Fsp3) is 0.200. The molecule has 0 saturated heterocycles. The lowest BCUT2D eigenvalue weighted by Gasteiger charge is -2.09. The summed E-state index contributed by atoms with van der Waals surface area (Å²) in [6.07, 6.45) is 1.89. The standard InChI is InChI=1S/C15H12Cl2F2N2OS/c16-10-6-9(7-11(17)8-10)3-5-20-13(22)12-2-1-4-21-14(12)23-15(18)19/h1-2,4,6-8,15H,3,5H2,(H,20,22). The van der Waals surface area contributed by atoms with Crippen LogP contribution in [0, 0.1) is 0 Å². The summed E-state index contributed by atoms with van der Waals surface area (Å²) >= 11 is 12.1. The van der Waals surface area contributed by atoms with Gasteiger partial charge in [-0.25, -0.2) is 4.98 Å². The third-order valence-corrected chi connectivity index (χ3v) is 4.00. The minimum Gasteiger partial charge on any atom is -0.352 e. The van der Waals surface area contributed by atoms with E-state index in [4.69, 9.17) is 23.2 Å². The molecule has 0 unspecified atom stereocenters. The average molecular weight is 377 g/mol. The largest absolute Gasteiger partial charge is 0.352 e. The van der Waals surface area contributed by atoms with Crippen LogP contribution >= 0.6 is 35.0 Å². The predicted molar refractivity (Wildman–Crippen MR) is 88.6 cm³/mol. The monoisotopic (exact) mass is 376 g/mol. The molecule has 1 aromatic heterocycles. The van der Waals surface area contributed by atoms with Gasteiger partial charge in [-0.05, 0) is 54.1 Å². The quantitative estimate of drug-likeness (QED) is 0.744. The van der Waals surface area contributed by atoms with E-state index in [0.29, 0.717) is 23.0 Å². The summed E-state index contributed by atoms with van der Waals surface area (Å²) in [4.78, 5) is 15.9. The van der Waals surface area contributed by atoms with Crippen LogP contribution in [-0.4, -0.2) is 23.2 Å². The molecule has 0 saturated carbocycles. The lowest BCUT2D eigenvalue weighted by atomic mass is 10.1. The molecular weight excluding hydrogens is 365 g/mol. The zero-order valence-corrected chi connectivity index (χ0v) is 14.1. The van der Waals surface area contributed by atoms with Crippen LogP contribution in [-0.2, 0) is 6.42 Å². The van der Waals surface area contributed by atoms with Crippen molar-refractivity contribution in [3.63, 3.8) is 0 Å². The van der Waals surface area contributed by atoms with Gasteiger partial charge in [-0.2, -0.15) is 8.78 Å². The Kier molecular flexibility index (Phi) is 6.62. The van der Waals surface area contributed by atoms with E-state index in [2.05, 4.69) is 10.3 Å². The molecule has 8 heteroatoms. The van der Waals surface area contributed by atoms with Crippen molar-refractivity contribution in [3.05, 3.63) is 57.7 Å². The van der Waals surface area contributed by atoms with Gasteiger partial charge < -0.3 is 5.32 Å². The number of amides is 1. The Hall–Kier alpha value is -1.37. The van der Waals surface area contributed by atoms with Gasteiger partial charge in [0, 0.05) is 22.8 Å². The van der Waals surface area contributed by atoms with Crippen molar-refractivity contribution >= 4 is 40.9 Å². The van der Waals surface area contributed by atoms with E-state index in [1.54, 1.807) is 18.2 Å². The Morgan fingerprint density at radius 1 is 1.26 bits per heavy atom. The van der Waals surface area contributed by atoms with E-state index in [9.17, 15) is 13.6 Å². The van der Waals surface area contributed by atoms with Gasteiger partial charge in [-0.3, -0.25) is 4.79 Å². The Morgan fingerprint density at radius 2 is 1.96 bits per heavy atom. The fourth-order valence-corrected chi connectivity index (χ4v) is 3.06.